The van der Waals surface area contributed by atoms with Gasteiger partial charge in [-0.05, 0) is 25.1 Å². The molecule has 15 nitrogen and oxygen atoms in total. The molecule has 2 aromatic carbocycles. The molecule has 0 radical (unpaired) electrons. The molecule has 0 aliphatic carbocycles. The third-order valence-electron chi connectivity index (χ3n) is 7.71. The van der Waals surface area contributed by atoms with E-state index in [2.05, 4.69) is 0 Å². The number of ether oxygens (including phenoxy) is 4. The first-order chi connectivity index (χ1) is 20.4. The van der Waals surface area contributed by atoms with Crippen LogP contribution in [-0.2, 0) is 14.2 Å². The van der Waals surface area contributed by atoms with Crippen molar-refractivity contribution in [2.45, 2.75) is 68.1 Å². The highest BCUT2D eigenvalue weighted by Gasteiger charge is 2.51. The summed E-state index contributed by atoms with van der Waals surface area (Å²) in [7, 11) is 1.31. The molecular formula is C28H32O15. The minimum Gasteiger partial charge on any atom is -0.507 e. The first-order valence-corrected chi connectivity index (χ1v) is 13.3. The predicted molar refractivity (Wildman–Crippen MR) is 143 cm³/mol. The SMILES string of the molecule is COc1cc(-c2cc(=O)c3c(O)cc(O)c([C@@H]4O[C@H](CO)[C@@H](O)[C@@H](O)[C@H]4O[C@@H]4O[C@@H](C)[C@H](O)[C@H](O)[C@H]4O)c3o2)ccc1O. The van der Waals surface area contributed by atoms with Gasteiger partial charge in [-0.15, -0.1) is 0 Å². The van der Waals surface area contributed by atoms with Crippen LogP contribution in [0, 0.1) is 0 Å². The van der Waals surface area contributed by atoms with E-state index >= 15 is 0 Å². The van der Waals surface area contributed by atoms with Gasteiger partial charge in [0.15, 0.2) is 28.8 Å². The summed E-state index contributed by atoms with van der Waals surface area (Å²) in [5, 5.41) is 93.6. The van der Waals surface area contributed by atoms with Gasteiger partial charge in [-0.2, -0.15) is 0 Å². The number of fused-ring (bicyclic) bond motifs is 1. The molecule has 15 heteroatoms. The van der Waals surface area contributed by atoms with Crippen molar-refractivity contribution in [3.63, 3.8) is 0 Å². The van der Waals surface area contributed by atoms with Crippen LogP contribution in [0.15, 0.2) is 39.5 Å². The lowest BCUT2D eigenvalue weighted by molar-refractivity contribution is -0.338. The normalized spacial score (nSPS) is 33.0. The van der Waals surface area contributed by atoms with Crippen molar-refractivity contribution in [2.75, 3.05) is 13.7 Å². The molecule has 3 heterocycles. The molecule has 5 rings (SSSR count). The molecular weight excluding hydrogens is 576 g/mol. The third-order valence-corrected chi connectivity index (χ3v) is 7.71. The lowest BCUT2D eigenvalue weighted by Crippen LogP contribution is -2.61. The molecule has 1 aromatic heterocycles. The van der Waals surface area contributed by atoms with Crippen molar-refractivity contribution in [1.82, 2.24) is 0 Å². The second kappa shape index (κ2) is 11.9. The van der Waals surface area contributed by atoms with Gasteiger partial charge in [-0.25, -0.2) is 0 Å². The molecule has 0 saturated carbocycles. The number of benzene rings is 2. The zero-order valence-corrected chi connectivity index (χ0v) is 22.8. The number of phenolic OH excluding ortho intramolecular Hbond substituents is 3. The van der Waals surface area contributed by atoms with Crippen molar-refractivity contribution < 1.29 is 69.3 Å². The van der Waals surface area contributed by atoms with Gasteiger partial charge >= 0.3 is 0 Å². The fourth-order valence-corrected chi connectivity index (χ4v) is 5.33. The van der Waals surface area contributed by atoms with Gasteiger partial charge in [0.25, 0.3) is 0 Å². The number of methoxy groups -OCH3 is 1. The number of aromatic hydroxyl groups is 3. The Balaban J connectivity index is 1.68. The van der Waals surface area contributed by atoms with Gasteiger partial charge < -0.3 is 69.3 Å². The summed E-state index contributed by atoms with van der Waals surface area (Å²) < 4.78 is 28.2. The number of phenols is 3. The molecule has 2 saturated heterocycles. The first-order valence-electron chi connectivity index (χ1n) is 13.3. The molecule has 0 spiro atoms. The Labute approximate surface area is 242 Å². The van der Waals surface area contributed by atoms with Gasteiger partial charge in [-0.3, -0.25) is 4.79 Å². The van der Waals surface area contributed by atoms with E-state index in [0.717, 1.165) is 12.1 Å². The van der Waals surface area contributed by atoms with E-state index in [4.69, 9.17) is 23.4 Å². The van der Waals surface area contributed by atoms with Crippen molar-refractivity contribution >= 4 is 11.0 Å². The fraction of sp³-hybridized carbons (Fsp3) is 0.464. The second-order valence-electron chi connectivity index (χ2n) is 10.4. The zero-order chi connectivity index (χ0) is 31.3. The van der Waals surface area contributed by atoms with E-state index in [1.807, 2.05) is 0 Å². The maximum absolute atomic E-state index is 13.3. The Hall–Kier alpha value is -3.51. The largest absolute Gasteiger partial charge is 0.507 e. The van der Waals surface area contributed by atoms with Gasteiger partial charge in [-0.1, -0.05) is 0 Å². The van der Waals surface area contributed by atoms with Crippen LogP contribution in [0.4, 0.5) is 0 Å². The molecule has 0 bridgehead atoms. The van der Waals surface area contributed by atoms with Gasteiger partial charge in [0.2, 0.25) is 0 Å². The van der Waals surface area contributed by atoms with E-state index in [1.165, 1.54) is 32.2 Å². The molecule has 3 aromatic rings. The van der Waals surface area contributed by atoms with Crippen molar-refractivity contribution in [2.24, 2.45) is 0 Å². The average Bonchev–Trinajstić information content (AvgIpc) is 2.97. The number of hydrogen-bond acceptors (Lipinski definition) is 15. The quantitative estimate of drug-likeness (QED) is 0.162. The van der Waals surface area contributed by atoms with Gasteiger partial charge in [0, 0.05) is 17.7 Å². The Kier molecular flexibility index (Phi) is 8.54. The molecule has 234 valence electrons. The summed E-state index contributed by atoms with van der Waals surface area (Å²) in [5.74, 6) is -1.58. The lowest BCUT2D eigenvalue weighted by Gasteiger charge is -2.46. The molecule has 0 unspecified atom stereocenters. The summed E-state index contributed by atoms with van der Waals surface area (Å²) in [6, 6.07) is 5.96. The maximum atomic E-state index is 13.3. The summed E-state index contributed by atoms with van der Waals surface area (Å²) in [5.41, 5.74) is -1.26. The Morgan fingerprint density at radius 2 is 1.56 bits per heavy atom. The fourth-order valence-electron chi connectivity index (χ4n) is 5.33. The standard InChI is InChI=1S/C28H32O15/c1-9-20(34)22(36)24(38)28(40-9)43-27-23(37)21(35)17(8-29)42-26(27)19-13(32)6-12(31)18-14(33)7-15(41-25(18)19)10-3-4-11(30)16(5-10)39-2/h3-7,9,17,20-24,26-32,34-38H,8H2,1-2H3/t9-,17+,20-,21+,22-,23+,24+,26-,27+,28-/m0/s1. The topological polar surface area (TPSA) is 249 Å². The molecule has 0 amide bonds. The maximum Gasteiger partial charge on any atom is 0.197 e. The number of hydrogen-bond donors (Lipinski definition) is 9. The Morgan fingerprint density at radius 1 is 0.837 bits per heavy atom. The summed E-state index contributed by atoms with van der Waals surface area (Å²) in [6.07, 6.45) is -16.2. The monoisotopic (exact) mass is 608 g/mol. The van der Waals surface area contributed by atoms with Gasteiger partial charge in [0.05, 0.1) is 25.4 Å². The molecule has 2 aliphatic heterocycles. The van der Waals surface area contributed by atoms with Crippen molar-refractivity contribution in [1.29, 1.82) is 0 Å². The van der Waals surface area contributed by atoms with Crippen molar-refractivity contribution in [3.05, 3.63) is 46.1 Å². The lowest BCUT2D eigenvalue weighted by atomic mass is 9.89. The van der Waals surface area contributed by atoms with E-state index in [0.29, 0.717) is 0 Å². The average molecular weight is 609 g/mol. The smallest absolute Gasteiger partial charge is 0.197 e. The third kappa shape index (κ3) is 5.39. The summed E-state index contributed by atoms with van der Waals surface area (Å²) >= 11 is 0. The molecule has 2 aliphatic rings. The van der Waals surface area contributed by atoms with Crippen LogP contribution >= 0.6 is 0 Å². The Bertz CT molecular complexity index is 1540. The van der Waals surface area contributed by atoms with E-state index in [1.54, 1.807) is 0 Å². The van der Waals surface area contributed by atoms with Crippen LogP contribution in [0.1, 0.15) is 18.6 Å². The van der Waals surface area contributed by atoms with Crippen LogP contribution < -0.4 is 10.2 Å². The number of aliphatic hydroxyl groups is 6. The van der Waals surface area contributed by atoms with Crippen LogP contribution in [0.2, 0.25) is 0 Å². The molecule has 10 atom stereocenters. The molecule has 2 fully saturated rings. The first kappa shape index (κ1) is 30.9. The van der Waals surface area contributed by atoms with E-state index in [-0.39, 0.29) is 28.4 Å². The highest BCUT2D eigenvalue weighted by molar-refractivity contribution is 5.89. The molecule has 43 heavy (non-hydrogen) atoms. The minimum atomic E-state index is -1.87. The summed E-state index contributed by atoms with van der Waals surface area (Å²) in [4.78, 5) is 13.3. The predicted octanol–water partition coefficient (Wildman–Crippen LogP) is -1.05. The Morgan fingerprint density at radius 3 is 2.23 bits per heavy atom. The van der Waals surface area contributed by atoms with Gasteiger partial charge in [0.1, 0.15) is 71.5 Å². The minimum absolute atomic E-state index is 0.0544. The number of rotatable bonds is 6. The highest BCUT2D eigenvalue weighted by Crippen LogP contribution is 2.45. The van der Waals surface area contributed by atoms with Crippen LogP contribution in [-0.4, -0.2) is 115 Å². The van der Waals surface area contributed by atoms with Crippen LogP contribution in [0.3, 0.4) is 0 Å². The number of aliphatic hydroxyl groups excluding tert-OH is 6. The van der Waals surface area contributed by atoms with E-state index in [9.17, 15) is 50.8 Å². The van der Waals surface area contributed by atoms with Crippen LogP contribution in [0.25, 0.3) is 22.3 Å². The van der Waals surface area contributed by atoms with E-state index < -0.39 is 95.7 Å². The molecule has 9 N–H and O–H groups in total. The van der Waals surface area contributed by atoms with Crippen molar-refractivity contribution in [3.8, 4) is 34.3 Å². The summed E-state index contributed by atoms with van der Waals surface area (Å²) in [6.45, 7) is 0.594. The highest BCUT2D eigenvalue weighted by atomic mass is 16.7. The van der Waals surface area contributed by atoms with Crippen LogP contribution in [0.5, 0.6) is 23.0 Å². The second-order valence-corrected chi connectivity index (χ2v) is 10.4. The zero-order valence-electron chi connectivity index (χ0n) is 22.8.